The number of phenolic OH excluding ortho intramolecular Hbond substituents is 2. The van der Waals surface area contributed by atoms with Crippen LogP contribution in [0.4, 0.5) is 0 Å². The Morgan fingerprint density at radius 2 is 1.78 bits per heavy atom. The van der Waals surface area contributed by atoms with E-state index >= 15 is 0 Å². The first-order chi connectivity index (χ1) is 17.5. The van der Waals surface area contributed by atoms with Crippen LogP contribution in [0, 0.1) is 0 Å². The van der Waals surface area contributed by atoms with Crippen LogP contribution < -0.4 is 9.47 Å². The number of piperazine rings is 1. The lowest BCUT2D eigenvalue weighted by molar-refractivity contribution is 0.101. The fourth-order valence-corrected chi connectivity index (χ4v) is 4.99. The number of allylic oxidation sites excluding steroid dienone is 1. The Morgan fingerprint density at radius 3 is 2.50 bits per heavy atom. The number of benzene rings is 2. The van der Waals surface area contributed by atoms with E-state index in [4.69, 9.17) is 14.6 Å². The molecule has 0 bridgehead atoms. The van der Waals surface area contributed by atoms with Crippen LogP contribution in [0.1, 0.15) is 22.3 Å². The lowest BCUT2D eigenvalue weighted by atomic mass is 10.1. The number of methoxy groups -OCH3 is 1. The van der Waals surface area contributed by atoms with E-state index in [2.05, 4.69) is 14.4 Å². The second-order valence-corrected chi connectivity index (χ2v) is 9.20. The van der Waals surface area contributed by atoms with Crippen molar-refractivity contribution in [1.82, 2.24) is 14.4 Å². The molecule has 0 aliphatic carbocycles. The minimum absolute atomic E-state index is 0.0551. The maximum atomic E-state index is 12.9. The van der Waals surface area contributed by atoms with Crippen molar-refractivity contribution in [3.05, 3.63) is 53.4 Å². The molecule has 5 rings (SSSR count). The van der Waals surface area contributed by atoms with Crippen LogP contribution in [-0.4, -0.2) is 88.5 Å². The number of aromatic hydroxyl groups is 2. The highest BCUT2D eigenvalue weighted by Gasteiger charge is 2.31. The molecule has 0 saturated carbocycles. The van der Waals surface area contributed by atoms with E-state index in [1.165, 1.54) is 6.07 Å². The number of aryl methyl sites for hydroxylation is 1. The highest BCUT2D eigenvalue weighted by atomic mass is 16.5. The molecule has 0 radical (unpaired) electrons. The van der Waals surface area contributed by atoms with Gasteiger partial charge in [-0.2, -0.15) is 0 Å². The van der Waals surface area contributed by atoms with Crippen molar-refractivity contribution in [1.29, 1.82) is 0 Å². The molecular formula is C27H31N3O6. The average Bonchev–Trinajstić information content (AvgIpc) is 3.37. The molecule has 2 aliphatic heterocycles. The highest BCUT2D eigenvalue weighted by molar-refractivity contribution is 6.16. The third-order valence-electron chi connectivity index (χ3n) is 6.90. The second kappa shape index (κ2) is 10.2. The summed E-state index contributed by atoms with van der Waals surface area (Å²) in [7, 11) is 1.62. The number of nitrogens with zero attached hydrogens (tertiary/aromatic N) is 3. The first-order valence-corrected chi connectivity index (χ1v) is 12.2. The number of ketones is 1. The molecule has 0 unspecified atom stereocenters. The zero-order valence-electron chi connectivity index (χ0n) is 20.3. The van der Waals surface area contributed by atoms with Gasteiger partial charge in [-0.25, -0.2) is 0 Å². The topological polar surface area (TPSA) is 108 Å². The number of Topliss-reactive ketones (excluding diaryl/α,β-unsaturated/α-hetero) is 1. The first-order valence-electron chi connectivity index (χ1n) is 12.2. The van der Waals surface area contributed by atoms with E-state index in [-0.39, 0.29) is 35.2 Å². The number of phenols is 2. The molecule has 9 nitrogen and oxygen atoms in total. The fourth-order valence-electron chi connectivity index (χ4n) is 4.99. The molecule has 3 aromatic rings. The van der Waals surface area contributed by atoms with Crippen LogP contribution in [0.5, 0.6) is 23.0 Å². The molecule has 3 N–H and O–H groups in total. The van der Waals surface area contributed by atoms with E-state index in [0.29, 0.717) is 5.75 Å². The first kappa shape index (κ1) is 24.2. The van der Waals surface area contributed by atoms with E-state index in [0.717, 1.165) is 74.8 Å². The third-order valence-corrected chi connectivity index (χ3v) is 6.90. The van der Waals surface area contributed by atoms with Gasteiger partial charge in [0.15, 0.2) is 5.76 Å². The van der Waals surface area contributed by atoms with Gasteiger partial charge in [0.1, 0.15) is 28.6 Å². The van der Waals surface area contributed by atoms with Crippen LogP contribution in [0.3, 0.4) is 0 Å². The number of β-amino-alcohol motifs (C(OH)–C–C–N with tert-alkyl or cyclic N) is 1. The Morgan fingerprint density at radius 1 is 1.03 bits per heavy atom. The summed E-state index contributed by atoms with van der Waals surface area (Å²) < 4.78 is 13.3. The predicted molar refractivity (Wildman–Crippen MR) is 136 cm³/mol. The van der Waals surface area contributed by atoms with E-state index in [1.54, 1.807) is 13.2 Å². The molecule has 2 aromatic carbocycles. The van der Waals surface area contributed by atoms with Gasteiger partial charge in [-0.05, 0) is 37.2 Å². The number of hydrogen-bond donors (Lipinski definition) is 3. The maximum absolute atomic E-state index is 12.9. The van der Waals surface area contributed by atoms with Crippen LogP contribution >= 0.6 is 0 Å². The van der Waals surface area contributed by atoms with Crippen LogP contribution in [0.25, 0.3) is 17.0 Å². The van der Waals surface area contributed by atoms with Gasteiger partial charge in [0.25, 0.3) is 0 Å². The van der Waals surface area contributed by atoms with Crippen LogP contribution in [0.2, 0.25) is 0 Å². The second-order valence-electron chi connectivity index (χ2n) is 9.20. The number of carbonyl (C=O) groups excluding carboxylic acids is 1. The van der Waals surface area contributed by atoms with Gasteiger partial charge >= 0.3 is 0 Å². The van der Waals surface area contributed by atoms with E-state index in [9.17, 15) is 15.0 Å². The van der Waals surface area contributed by atoms with Crippen LogP contribution in [-0.2, 0) is 6.54 Å². The smallest absolute Gasteiger partial charge is 0.235 e. The molecule has 1 fully saturated rings. The van der Waals surface area contributed by atoms with E-state index in [1.807, 2.05) is 24.4 Å². The Hall–Kier alpha value is -3.53. The number of aliphatic hydroxyl groups excluding tert-OH is 1. The lowest BCUT2D eigenvalue weighted by Gasteiger charge is -2.34. The molecular weight excluding hydrogens is 462 g/mol. The Labute approximate surface area is 209 Å². The molecule has 0 atom stereocenters. The summed E-state index contributed by atoms with van der Waals surface area (Å²) in [5, 5.41) is 29.9. The van der Waals surface area contributed by atoms with Gasteiger partial charge in [-0.15, -0.1) is 0 Å². The number of aromatic nitrogens is 1. The van der Waals surface area contributed by atoms with Crippen molar-refractivity contribution in [3.63, 3.8) is 0 Å². The predicted octanol–water partition coefficient (Wildman–Crippen LogP) is 2.68. The average molecular weight is 494 g/mol. The molecule has 9 heteroatoms. The Kier molecular flexibility index (Phi) is 6.86. The molecule has 36 heavy (non-hydrogen) atoms. The number of ether oxygens (including phenoxy) is 2. The van der Waals surface area contributed by atoms with Gasteiger partial charge in [0.2, 0.25) is 5.78 Å². The van der Waals surface area contributed by atoms with Crippen molar-refractivity contribution in [2.24, 2.45) is 0 Å². The maximum Gasteiger partial charge on any atom is 0.235 e. The minimum Gasteiger partial charge on any atom is -0.508 e. The number of carbonyl (C=O) groups is 1. The van der Waals surface area contributed by atoms with Crippen molar-refractivity contribution in [2.75, 3.05) is 53.0 Å². The lowest BCUT2D eigenvalue weighted by Crippen LogP contribution is -2.47. The number of fused-ring (bicyclic) bond motifs is 2. The molecule has 1 aromatic heterocycles. The van der Waals surface area contributed by atoms with Crippen molar-refractivity contribution < 1.29 is 29.6 Å². The largest absolute Gasteiger partial charge is 0.508 e. The summed E-state index contributed by atoms with van der Waals surface area (Å²) in [5.74, 6) is 0.0469. The fraction of sp³-hybridized carbons (Fsp3) is 0.370. The van der Waals surface area contributed by atoms with Gasteiger partial charge in [0, 0.05) is 74.1 Å². The van der Waals surface area contributed by atoms with Gasteiger partial charge in [-0.1, -0.05) is 0 Å². The molecule has 2 aliphatic rings. The number of rotatable bonds is 8. The molecule has 190 valence electrons. The summed E-state index contributed by atoms with van der Waals surface area (Å²) in [6.07, 6.45) is 4.66. The number of hydrogen-bond acceptors (Lipinski definition) is 8. The highest BCUT2D eigenvalue weighted by Crippen LogP contribution is 2.41. The minimum atomic E-state index is -0.424. The normalized spacial score (nSPS) is 17.6. The van der Waals surface area contributed by atoms with Gasteiger partial charge < -0.3 is 34.3 Å². The number of aliphatic hydroxyl groups is 1. The summed E-state index contributed by atoms with van der Waals surface area (Å²) in [4.78, 5) is 17.7. The van der Waals surface area contributed by atoms with Crippen molar-refractivity contribution >= 4 is 22.8 Å². The summed E-state index contributed by atoms with van der Waals surface area (Å²) in [5.41, 5.74) is 1.89. The SMILES string of the molecule is COc1ccc2c(c1)c(C=C1Oc3cc(O)cc(O)c3C1=O)cn2CCCN1CCN(CCO)CC1. The van der Waals surface area contributed by atoms with Crippen molar-refractivity contribution in [3.8, 4) is 23.0 Å². The molecule has 3 heterocycles. The quantitative estimate of drug-likeness (QED) is 0.411. The van der Waals surface area contributed by atoms with Gasteiger partial charge in [0.05, 0.1) is 13.7 Å². The third kappa shape index (κ3) is 4.77. The standard InChI is InChI=1S/C27H31N3O6/c1-35-20-3-4-22-21(16-20)18(13-25-27(34)26-23(33)14-19(32)15-24(26)36-25)17-30(22)6-2-5-28-7-9-29(10-8-28)11-12-31/h3-4,13-17,31-33H,2,5-12H2,1H3. The summed E-state index contributed by atoms with van der Waals surface area (Å²) in [6, 6.07) is 8.33. The summed E-state index contributed by atoms with van der Waals surface area (Å²) in [6.45, 7) is 6.71. The zero-order chi connectivity index (χ0) is 25.2. The van der Waals surface area contributed by atoms with Gasteiger partial charge in [-0.3, -0.25) is 9.69 Å². The molecule has 0 amide bonds. The molecule has 1 saturated heterocycles. The van der Waals surface area contributed by atoms with Crippen LogP contribution in [0.15, 0.2) is 42.3 Å². The Bertz CT molecular complexity index is 1310. The zero-order valence-corrected chi connectivity index (χ0v) is 20.3. The Balaban J connectivity index is 1.36. The molecule has 0 spiro atoms. The summed E-state index contributed by atoms with van der Waals surface area (Å²) >= 11 is 0. The van der Waals surface area contributed by atoms with E-state index < -0.39 is 5.78 Å². The monoisotopic (exact) mass is 493 g/mol. The van der Waals surface area contributed by atoms with Crippen molar-refractivity contribution in [2.45, 2.75) is 13.0 Å².